The number of hydrogen-bond acceptors (Lipinski definition) is 0. The van der Waals surface area contributed by atoms with Gasteiger partial charge in [0.1, 0.15) is 0 Å². The third kappa shape index (κ3) is 1.64. The molecule has 0 unspecified atom stereocenters. The molecule has 0 saturated heterocycles. The second-order valence-electron chi connectivity index (χ2n) is 2.24. The van der Waals surface area contributed by atoms with Gasteiger partial charge in [-0.2, -0.15) is 0 Å². The fourth-order valence-electron chi connectivity index (χ4n) is 0.935. The maximum absolute atomic E-state index is 3.43. The minimum absolute atomic E-state index is 0.939. The lowest BCUT2D eigenvalue weighted by atomic mass is 10.2. The first-order valence-corrected chi connectivity index (χ1v) is 5.28. The Labute approximate surface area is 77.7 Å². The molecule has 0 aromatic carbocycles. The Kier molecular flexibility index (Phi) is 2.98. The van der Waals surface area contributed by atoms with Crippen LogP contribution < -0.4 is 0 Å². The number of hydrogen-bond donors (Lipinski definition) is 0. The fraction of sp³-hybridized carbons (Fsp3) is 0.429. The predicted molar refractivity (Wildman–Crippen MR) is 50.7 cm³/mol. The number of alkyl halides is 2. The van der Waals surface area contributed by atoms with Crippen molar-refractivity contribution in [3.8, 4) is 0 Å². The summed E-state index contributed by atoms with van der Waals surface area (Å²) in [5.74, 6) is 0. The van der Waals surface area contributed by atoms with E-state index in [0.29, 0.717) is 0 Å². The van der Waals surface area contributed by atoms with Crippen LogP contribution in [0.5, 0.6) is 0 Å². The van der Waals surface area contributed by atoms with Crippen molar-refractivity contribution in [2.45, 2.75) is 10.7 Å². The van der Waals surface area contributed by atoms with Gasteiger partial charge in [-0.05, 0) is 11.1 Å². The van der Waals surface area contributed by atoms with Gasteiger partial charge >= 0.3 is 0 Å². The summed E-state index contributed by atoms with van der Waals surface area (Å²) in [6.07, 6.45) is 4.26. The summed E-state index contributed by atoms with van der Waals surface area (Å²) in [5.41, 5.74) is 2.72. The van der Waals surface area contributed by atoms with Gasteiger partial charge in [0.2, 0.25) is 0 Å². The topological polar surface area (TPSA) is 4.93 Å². The molecule has 1 nitrogen and oxygen atoms in total. The molecule has 3 heteroatoms. The van der Waals surface area contributed by atoms with Gasteiger partial charge in [0.15, 0.2) is 0 Å². The Bertz CT molecular complexity index is 196. The van der Waals surface area contributed by atoms with E-state index in [2.05, 4.69) is 48.8 Å². The van der Waals surface area contributed by atoms with Crippen molar-refractivity contribution in [1.29, 1.82) is 0 Å². The Morgan fingerprint density at radius 3 is 1.90 bits per heavy atom. The van der Waals surface area contributed by atoms with Crippen molar-refractivity contribution < 1.29 is 0 Å². The van der Waals surface area contributed by atoms with Crippen molar-refractivity contribution in [3.63, 3.8) is 0 Å². The first-order chi connectivity index (χ1) is 4.77. The van der Waals surface area contributed by atoms with Crippen LogP contribution in [-0.2, 0) is 17.7 Å². The number of aromatic nitrogens is 1. The first kappa shape index (κ1) is 8.34. The molecule has 0 saturated carbocycles. The summed E-state index contributed by atoms with van der Waals surface area (Å²) >= 11 is 6.86. The summed E-state index contributed by atoms with van der Waals surface area (Å²) in [7, 11) is 2.04. The molecule has 0 aliphatic carbocycles. The van der Waals surface area contributed by atoms with Crippen LogP contribution in [0.2, 0.25) is 0 Å². The Hall–Kier alpha value is 0.240. The minimum Gasteiger partial charge on any atom is -0.357 e. The molecule has 0 fully saturated rings. The van der Waals surface area contributed by atoms with E-state index in [0.717, 1.165) is 10.7 Å². The molecule has 10 heavy (non-hydrogen) atoms. The molecule has 1 aromatic heterocycles. The lowest BCUT2D eigenvalue weighted by molar-refractivity contribution is 0.922. The summed E-state index contributed by atoms with van der Waals surface area (Å²) in [6, 6.07) is 0. The number of nitrogens with zero attached hydrogens (tertiary/aromatic N) is 1. The van der Waals surface area contributed by atoms with Crippen LogP contribution in [0.3, 0.4) is 0 Å². The Morgan fingerprint density at radius 1 is 1.20 bits per heavy atom. The summed E-state index contributed by atoms with van der Waals surface area (Å²) in [6.45, 7) is 0. The number of aryl methyl sites for hydroxylation is 1. The van der Waals surface area contributed by atoms with Gasteiger partial charge in [-0.3, -0.25) is 0 Å². The lowest BCUT2D eigenvalue weighted by Gasteiger charge is -1.90. The van der Waals surface area contributed by atoms with Gasteiger partial charge in [0.25, 0.3) is 0 Å². The van der Waals surface area contributed by atoms with E-state index >= 15 is 0 Å². The summed E-state index contributed by atoms with van der Waals surface area (Å²) < 4.78 is 2.08. The molecule has 0 bridgehead atoms. The highest BCUT2D eigenvalue weighted by Gasteiger charge is 2.00. The zero-order valence-corrected chi connectivity index (χ0v) is 8.94. The zero-order valence-electron chi connectivity index (χ0n) is 5.77. The highest BCUT2D eigenvalue weighted by atomic mass is 79.9. The smallest absolute Gasteiger partial charge is 0.0301 e. The van der Waals surface area contributed by atoms with Crippen molar-refractivity contribution >= 4 is 31.9 Å². The molecule has 0 atom stereocenters. The van der Waals surface area contributed by atoms with E-state index < -0.39 is 0 Å². The van der Waals surface area contributed by atoms with E-state index in [1.807, 2.05) is 7.05 Å². The molecule has 0 amide bonds. The molecule has 0 aliphatic rings. The van der Waals surface area contributed by atoms with Gasteiger partial charge in [-0.1, -0.05) is 31.9 Å². The molecule has 1 heterocycles. The van der Waals surface area contributed by atoms with Crippen LogP contribution in [0.4, 0.5) is 0 Å². The SMILES string of the molecule is Cn1cc(CBr)c(CBr)c1. The molecule has 0 spiro atoms. The third-order valence-electron chi connectivity index (χ3n) is 1.42. The maximum Gasteiger partial charge on any atom is 0.0301 e. The van der Waals surface area contributed by atoms with E-state index in [-0.39, 0.29) is 0 Å². The van der Waals surface area contributed by atoms with Gasteiger partial charge in [-0.25, -0.2) is 0 Å². The Balaban J connectivity index is 2.96. The van der Waals surface area contributed by atoms with Crippen molar-refractivity contribution in [2.24, 2.45) is 7.05 Å². The van der Waals surface area contributed by atoms with Crippen LogP contribution in [0.15, 0.2) is 12.4 Å². The van der Waals surface area contributed by atoms with Crippen LogP contribution in [0, 0.1) is 0 Å². The fourth-order valence-corrected chi connectivity index (χ4v) is 1.95. The van der Waals surface area contributed by atoms with Crippen molar-refractivity contribution in [3.05, 3.63) is 23.5 Å². The van der Waals surface area contributed by atoms with Crippen molar-refractivity contribution in [2.75, 3.05) is 0 Å². The molecule has 1 aromatic rings. The lowest BCUT2D eigenvalue weighted by Crippen LogP contribution is -1.77. The highest BCUT2D eigenvalue weighted by Crippen LogP contribution is 2.15. The van der Waals surface area contributed by atoms with Gasteiger partial charge in [0, 0.05) is 30.1 Å². The minimum atomic E-state index is 0.939. The van der Waals surface area contributed by atoms with Crippen LogP contribution in [-0.4, -0.2) is 4.57 Å². The molecule has 0 radical (unpaired) electrons. The first-order valence-electron chi connectivity index (χ1n) is 3.03. The third-order valence-corrected chi connectivity index (χ3v) is 2.63. The average Bonchev–Trinajstić information content (AvgIpc) is 2.30. The normalized spacial score (nSPS) is 10.3. The standard InChI is InChI=1S/C7H9Br2N/c1-10-4-6(2-8)7(3-9)5-10/h4-5H,2-3H2,1H3. The average molecular weight is 267 g/mol. The molecule has 1 rings (SSSR count). The zero-order chi connectivity index (χ0) is 7.56. The van der Waals surface area contributed by atoms with Gasteiger partial charge in [0.05, 0.1) is 0 Å². The molecular formula is C7H9Br2N. The summed E-state index contributed by atoms with van der Waals surface area (Å²) in [5, 5.41) is 1.88. The maximum atomic E-state index is 3.43. The molecule has 0 aliphatic heterocycles. The van der Waals surface area contributed by atoms with E-state index in [9.17, 15) is 0 Å². The van der Waals surface area contributed by atoms with Crippen LogP contribution in [0.25, 0.3) is 0 Å². The van der Waals surface area contributed by atoms with E-state index in [4.69, 9.17) is 0 Å². The van der Waals surface area contributed by atoms with Gasteiger partial charge < -0.3 is 4.57 Å². The van der Waals surface area contributed by atoms with E-state index in [1.54, 1.807) is 0 Å². The number of rotatable bonds is 2. The predicted octanol–water partition coefficient (Wildman–Crippen LogP) is 2.81. The van der Waals surface area contributed by atoms with Gasteiger partial charge in [-0.15, -0.1) is 0 Å². The molecular weight excluding hydrogens is 258 g/mol. The van der Waals surface area contributed by atoms with Crippen LogP contribution in [0.1, 0.15) is 11.1 Å². The second kappa shape index (κ2) is 3.58. The quantitative estimate of drug-likeness (QED) is 0.726. The second-order valence-corrected chi connectivity index (χ2v) is 3.36. The van der Waals surface area contributed by atoms with Crippen LogP contribution >= 0.6 is 31.9 Å². The molecule has 56 valence electrons. The highest BCUT2D eigenvalue weighted by molar-refractivity contribution is 9.09. The molecule has 0 N–H and O–H groups in total. The van der Waals surface area contributed by atoms with Crippen molar-refractivity contribution in [1.82, 2.24) is 4.57 Å². The van der Waals surface area contributed by atoms with E-state index in [1.165, 1.54) is 11.1 Å². The largest absolute Gasteiger partial charge is 0.357 e. The Morgan fingerprint density at radius 2 is 1.60 bits per heavy atom. The summed E-state index contributed by atoms with van der Waals surface area (Å²) in [4.78, 5) is 0. The monoisotopic (exact) mass is 265 g/mol. The number of halogens is 2.